The second-order valence-corrected chi connectivity index (χ2v) is 5.74. The minimum absolute atomic E-state index is 0.240. The van der Waals surface area contributed by atoms with Crippen molar-refractivity contribution >= 4 is 5.97 Å². The summed E-state index contributed by atoms with van der Waals surface area (Å²) in [5.41, 5.74) is 3.78. The molecule has 3 aromatic carbocycles. The van der Waals surface area contributed by atoms with Crippen LogP contribution in [-0.2, 0) is 0 Å². The Morgan fingerprint density at radius 3 is 2.08 bits per heavy atom. The van der Waals surface area contributed by atoms with Crippen LogP contribution in [0.5, 0.6) is 5.75 Å². The van der Waals surface area contributed by atoms with Crippen molar-refractivity contribution in [2.75, 3.05) is 0 Å². The monoisotopic (exact) mass is 320 g/mol. The van der Waals surface area contributed by atoms with Gasteiger partial charge in [0.1, 0.15) is 11.6 Å². The van der Waals surface area contributed by atoms with Gasteiger partial charge in [0.25, 0.3) is 0 Å². The molecule has 0 saturated heterocycles. The lowest BCUT2D eigenvalue weighted by Gasteiger charge is -2.07. The molecule has 0 aliphatic heterocycles. The average molecular weight is 320 g/mol. The van der Waals surface area contributed by atoms with Crippen LogP contribution in [0.25, 0.3) is 11.1 Å². The Morgan fingerprint density at radius 2 is 1.46 bits per heavy atom. The molecule has 0 amide bonds. The molecule has 0 saturated carbocycles. The molecule has 3 aromatic rings. The fraction of sp³-hybridized carbons (Fsp3) is 0.0952. The smallest absolute Gasteiger partial charge is 0.343 e. The molecule has 0 atom stereocenters. The first-order valence-corrected chi connectivity index (χ1v) is 7.68. The van der Waals surface area contributed by atoms with Gasteiger partial charge in [-0.05, 0) is 60.9 Å². The predicted octanol–water partition coefficient (Wildman–Crippen LogP) is 5.33. The van der Waals surface area contributed by atoms with Crippen LogP contribution >= 0.6 is 0 Å². The summed E-state index contributed by atoms with van der Waals surface area (Å²) in [6.07, 6.45) is 0. The third-order valence-corrected chi connectivity index (χ3v) is 3.86. The number of ether oxygens (including phenoxy) is 1. The van der Waals surface area contributed by atoms with Crippen LogP contribution in [0.2, 0.25) is 0 Å². The predicted molar refractivity (Wildman–Crippen MR) is 92.7 cm³/mol. The number of benzene rings is 3. The number of hydrogen-bond donors (Lipinski definition) is 0. The van der Waals surface area contributed by atoms with E-state index in [4.69, 9.17) is 4.74 Å². The van der Waals surface area contributed by atoms with E-state index in [9.17, 15) is 9.18 Å². The Bertz CT molecular complexity index is 865. The molecular formula is C21H17FO2. The lowest BCUT2D eigenvalue weighted by Crippen LogP contribution is -2.08. The van der Waals surface area contributed by atoms with E-state index in [-0.39, 0.29) is 5.82 Å². The molecule has 0 bridgehead atoms. The van der Waals surface area contributed by atoms with E-state index in [0.29, 0.717) is 16.9 Å². The zero-order chi connectivity index (χ0) is 17.1. The Kier molecular flexibility index (Phi) is 4.43. The van der Waals surface area contributed by atoms with E-state index >= 15 is 0 Å². The molecule has 0 heterocycles. The van der Waals surface area contributed by atoms with Gasteiger partial charge in [-0.1, -0.05) is 42.0 Å². The van der Waals surface area contributed by atoms with Gasteiger partial charge in [-0.3, -0.25) is 0 Å². The van der Waals surface area contributed by atoms with Crippen LogP contribution in [0.4, 0.5) is 4.39 Å². The third-order valence-electron chi connectivity index (χ3n) is 3.86. The molecule has 0 radical (unpaired) electrons. The Balaban J connectivity index is 1.77. The van der Waals surface area contributed by atoms with E-state index in [1.165, 1.54) is 6.07 Å². The molecule has 3 heteroatoms. The van der Waals surface area contributed by atoms with Crippen LogP contribution in [-0.4, -0.2) is 5.97 Å². The number of carbonyl (C=O) groups is 1. The minimum atomic E-state index is -0.416. The summed E-state index contributed by atoms with van der Waals surface area (Å²) < 4.78 is 19.0. The molecule has 0 aliphatic rings. The van der Waals surface area contributed by atoms with Gasteiger partial charge in [-0.25, -0.2) is 9.18 Å². The topological polar surface area (TPSA) is 26.3 Å². The maximum Gasteiger partial charge on any atom is 0.343 e. The molecule has 0 unspecified atom stereocenters. The van der Waals surface area contributed by atoms with Gasteiger partial charge in [-0.15, -0.1) is 0 Å². The van der Waals surface area contributed by atoms with Crippen molar-refractivity contribution < 1.29 is 13.9 Å². The van der Waals surface area contributed by atoms with Crippen molar-refractivity contribution in [1.82, 2.24) is 0 Å². The molecule has 0 aliphatic carbocycles. The van der Waals surface area contributed by atoms with E-state index in [2.05, 4.69) is 0 Å². The van der Waals surface area contributed by atoms with E-state index in [1.807, 2.05) is 25.1 Å². The Labute approximate surface area is 140 Å². The molecule has 24 heavy (non-hydrogen) atoms. The highest BCUT2D eigenvalue weighted by Gasteiger charge is 2.09. The highest BCUT2D eigenvalue weighted by molar-refractivity contribution is 5.91. The maximum absolute atomic E-state index is 13.7. The van der Waals surface area contributed by atoms with Gasteiger partial charge >= 0.3 is 5.97 Å². The largest absolute Gasteiger partial charge is 0.423 e. The number of esters is 1. The second kappa shape index (κ2) is 6.67. The average Bonchev–Trinajstić information content (AvgIpc) is 2.59. The maximum atomic E-state index is 13.7. The summed E-state index contributed by atoms with van der Waals surface area (Å²) in [6.45, 7) is 3.70. The van der Waals surface area contributed by atoms with Crippen LogP contribution < -0.4 is 4.74 Å². The molecule has 0 fully saturated rings. The van der Waals surface area contributed by atoms with E-state index in [1.54, 1.807) is 49.4 Å². The highest BCUT2D eigenvalue weighted by atomic mass is 19.1. The zero-order valence-corrected chi connectivity index (χ0v) is 13.5. The Morgan fingerprint density at radius 1 is 0.833 bits per heavy atom. The zero-order valence-electron chi connectivity index (χ0n) is 13.5. The molecule has 120 valence electrons. The van der Waals surface area contributed by atoms with E-state index < -0.39 is 5.97 Å². The SMILES string of the molecule is Cc1ccc(OC(=O)c2ccc(-c3ccc(C)c(F)c3)cc2)cc1. The van der Waals surface area contributed by atoms with E-state index in [0.717, 1.165) is 16.7 Å². The molecule has 0 aromatic heterocycles. The number of carbonyl (C=O) groups excluding carboxylic acids is 1. The van der Waals surface area contributed by atoms with Gasteiger partial charge in [0, 0.05) is 0 Å². The Hall–Kier alpha value is -2.94. The summed E-state index contributed by atoms with van der Waals surface area (Å²) in [5, 5.41) is 0. The first-order chi connectivity index (χ1) is 11.5. The van der Waals surface area contributed by atoms with Crippen molar-refractivity contribution in [2.24, 2.45) is 0 Å². The van der Waals surface area contributed by atoms with Gasteiger partial charge in [-0.2, -0.15) is 0 Å². The van der Waals surface area contributed by atoms with Crippen molar-refractivity contribution in [3.8, 4) is 16.9 Å². The second-order valence-electron chi connectivity index (χ2n) is 5.74. The molecule has 0 N–H and O–H groups in total. The third kappa shape index (κ3) is 3.51. The van der Waals surface area contributed by atoms with Gasteiger partial charge in [0.2, 0.25) is 0 Å². The van der Waals surface area contributed by atoms with Crippen molar-refractivity contribution in [1.29, 1.82) is 0 Å². The first kappa shape index (κ1) is 15.9. The number of rotatable bonds is 3. The van der Waals surface area contributed by atoms with Gasteiger partial charge in [0.15, 0.2) is 0 Å². The quantitative estimate of drug-likeness (QED) is 0.482. The summed E-state index contributed by atoms with van der Waals surface area (Å²) in [7, 11) is 0. The van der Waals surface area contributed by atoms with Crippen LogP contribution in [0.15, 0.2) is 66.7 Å². The normalized spacial score (nSPS) is 10.5. The highest BCUT2D eigenvalue weighted by Crippen LogP contribution is 2.23. The first-order valence-electron chi connectivity index (χ1n) is 7.68. The van der Waals surface area contributed by atoms with Gasteiger partial charge in [0.05, 0.1) is 5.56 Å². The summed E-state index contributed by atoms with van der Waals surface area (Å²) in [6, 6.07) is 19.3. The standard InChI is InChI=1S/C21H17FO2/c1-14-3-11-19(12-4-14)24-21(23)17-9-7-16(8-10-17)18-6-5-15(2)20(22)13-18/h3-13H,1-2H3. The fourth-order valence-electron chi connectivity index (χ4n) is 2.34. The van der Waals surface area contributed by atoms with Gasteiger partial charge < -0.3 is 4.74 Å². The summed E-state index contributed by atoms with van der Waals surface area (Å²) >= 11 is 0. The molecular weight excluding hydrogens is 303 g/mol. The molecule has 0 spiro atoms. The lowest BCUT2D eigenvalue weighted by molar-refractivity contribution is 0.0735. The van der Waals surface area contributed by atoms with Crippen molar-refractivity contribution in [3.05, 3.63) is 89.2 Å². The number of aryl methyl sites for hydroxylation is 2. The van der Waals surface area contributed by atoms with Crippen LogP contribution in [0, 0.1) is 19.7 Å². The summed E-state index contributed by atoms with van der Waals surface area (Å²) in [5.74, 6) is -0.147. The molecule has 3 rings (SSSR count). The van der Waals surface area contributed by atoms with Crippen molar-refractivity contribution in [2.45, 2.75) is 13.8 Å². The lowest BCUT2D eigenvalue weighted by atomic mass is 10.0. The molecule has 2 nitrogen and oxygen atoms in total. The van der Waals surface area contributed by atoms with Crippen LogP contribution in [0.1, 0.15) is 21.5 Å². The number of hydrogen-bond acceptors (Lipinski definition) is 2. The fourth-order valence-corrected chi connectivity index (χ4v) is 2.34. The van der Waals surface area contributed by atoms with Crippen molar-refractivity contribution in [3.63, 3.8) is 0 Å². The minimum Gasteiger partial charge on any atom is -0.423 e. The number of halogens is 1. The van der Waals surface area contributed by atoms with Crippen LogP contribution in [0.3, 0.4) is 0 Å². The summed E-state index contributed by atoms with van der Waals surface area (Å²) in [4.78, 5) is 12.2.